The van der Waals surface area contributed by atoms with Gasteiger partial charge >= 0.3 is 0 Å². The first kappa shape index (κ1) is 8.85. The molecule has 2 N–H and O–H groups in total. The summed E-state index contributed by atoms with van der Waals surface area (Å²) in [4.78, 5) is 0. The molecule has 0 aliphatic heterocycles. The van der Waals surface area contributed by atoms with E-state index in [-0.39, 0.29) is 0 Å². The molecule has 70 valence electrons. The number of hydrogen-bond donors (Lipinski definition) is 1. The van der Waals surface area contributed by atoms with Crippen molar-refractivity contribution in [3.05, 3.63) is 28.8 Å². The summed E-state index contributed by atoms with van der Waals surface area (Å²) in [7, 11) is 1.61. The highest BCUT2D eigenvalue weighted by molar-refractivity contribution is 6.32. The van der Waals surface area contributed by atoms with Crippen LogP contribution in [-0.4, -0.2) is 13.2 Å². The Bertz CT molecular complexity index is 327. The van der Waals surface area contributed by atoms with Crippen molar-refractivity contribution < 1.29 is 4.74 Å². The molecule has 0 heterocycles. The number of ether oxygens (including phenoxy) is 1. The molecule has 1 saturated carbocycles. The Morgan fingerprint density at radius 3 is 2.69 bits per heavy atom. The third-order valence-electron chi connectivity index (χ3n) is 2.44. The molecule has 3 heteroatoms. The fourth-order valence-corrected chi connectivity index (χ4v) is 1.78. The number of nitrogens with two attached hydrogens (primary N) is 1. The van der Waals surface area contributed by atoms with Crippen LogP contribution in [0.1, 0.15) is 17.9 Å². The molecule has 0 bridgehead atoms. The molecule has 0 radical (unpaired) electrons. The molecule has 1 aromatic carbocycles. The minimum Gasteiger partial charge on any atom is -0.495 e. The van der Waals surface area contributed by atoms with Gasteiger partial charge in [-0.15, -0.1) is 0 Å². The van der Waals surface area contributed by atoms with Crippen molar-refractivity contribution in [2.45, 2.75) is 18.4 Å². The molecule has 0 unspecified atom stereocenters. The molecule has 0 amide bonds. The second kappa shape index (κ2) is 3.20. The van der Waals surface area contributed by atoms with E-state index in [1.54, 1.807) is 7.11 Å². The summed E-state index contributed by atoms with van der Waals surface area (Å²) in [5.74, 6) is 1.23. The molecule has 13 heavy (non-hydrogen) atoms. The van der Waals surface area contributed by atoms with Crippen LogP contribution < -0.4 is 10.5 Å². The first-order chi connectivity index (χ1) is 6.22. The van der Waals surface area contributed by atoms with Crippen molar-refractivity contribution in [3.63, 3.8) is 0 Å². The van der Waals surface area contributed by atoms with Crippen LogP contribution in [0.15, 0.2) is 18.2 Å². The quantitative estimate of drug-likeness (QED) is 0.789. The minimum atomic E-state index is 0.324. The summed E-state index contributed by atoms with van der Waals surface area (Å²) in [5, 5.41) is 0.666. The first-order valence-corrected chi connectivity index (χ1v) is 4.69. The number of benzene rings is 1. The van der Waals surface area contributed by atoms with Crippen LogP contribution >= 0.6 is 11.6 Å². The van der Waals surface area contributed by atoms with E-state index in [1.807, 2.05) is 18.2 Å². The summed E-state index contributed by atoms with van der Waals surface area (Å²) in [6.45, 7) is 0. The van der Waals surface area contributed by atoms with Gasteiger partial charge in [0.1, 0.15) is 5.75 Å². The van der Waals surface area contributed by atoms with Crippen molar-refractivity contribution in [2.24, 2.45) is 5.73 Å². The molecule has 1 aromatic rings. The topological polar surface area (TPSA) is 35.2 Å². The van der Waals surface area contributed by atoms with Gasteiger partial charge in [-0.1, -0.05) is 17.7 Å². The van der Waals surface area contributed by atoms with Crippen LogP contribution in [0.25, 0.3) is 0 Å². The monoisotopic (exact) mass is 197 g/mol. The van der Waals surface area contributed by atoms with Crippen molar-refractivity contribution in [1.29, 1.82) is 0 Å². The molecule has 2 rings (SSSR count). The van der Waals surface area contributed by atoms with Gasteiger partial charge in [0, 0.05) is 12.0 Å². The van der Waals surface area contributed by atoms with E-state index >= 15 is 0 Å². The minimum absolute atomic E-state index is 0.324. The van der Waals surface area contributed by atoms with Gasteiger partial charge < -0.3 is 10.5 Å². The van der Waals surface area contributed by atoms with Gasteiger partial charge in [-0.2, -0.15) is 0 Å². The van der Waals surface area contributed by atoms with E-state index in [9.17, 15) is 0 Å². The Hall–Kier alpha value is -0.730. The largest absolute Gasteiger partial charge is 0.495 e. The Kier molecular flexibility index (Phi) is 2.18. The van der Waals surface area contributed by atoms with Crippen LogP contribution in [-0.2, 0) is 0 Å². The van der Waals surface area contributed by atoms with E-state index in [2.05, 4.69) is 0 Å². The standard InChI is InChI=1S/C10H12ClNO/c1-13-10-3-2-6(4-8(10)11)7-5-9(7)12/h2-4,7,9H,5,12H2,1H3/t7-,9+/m0/s1. The van der Waals surface area contributed by atoms with Gasteiger partial charge in [-0.25, -0.2) is 0 Å². The average molecular weight is 198 g/mol. The normalized spacial score (nSPS) is 25.8. The Morgan fingerprint density at radius 2 is 2.23 bits per heavy atom. The van der Waals surface area contributed by atoms with Crippen molar-refractivity contribution >= 4 is 11.6 Å². The molecule has 0 aromatic heterocycles. The van der Waals surface area contributed by atoms with Crippen molar-refractivity contribution in [2.75, 3.05) is 7.11 Å². The zero-order valence-electron chi connectivity index (χ0n) is 7.46. The highest BCUT2D eigenvalue weighted by atomic mass is 35.5. The van der Waals surface area contributed by atoms with E-state index in [0.717, 1.165) is 12.2 Å². The average Bonchev–Trinajstić information content (AvgIpc) is 2.82. The van der Waals surface area contributed by atoms with Crippen LogP contribution in [0.3, 0.4) is 0 Å². The maximum atomic E-state index is 5.98. The summed E-state index contributed by atoms with van der Waals surface area (Å²) >= 11 is 5.98. The maximum absolute atomic E-state index is 5.98. The Balaban J connectivity index is 2.25. The van der Waals surface area contributed by atoms with Crippen LogP contribution in [0, 0.1) is 0 Å². The van der Waals surface area contributed by atoms with Crippen LogP contribution in [0.4, 0.5) is 0 Å². The van der Waals surface area contributed by atoms with Gasteiger partial charge in [-0.05, 0) is 24.1 Å². The molecule has 1 fully saturated rings. The van der Waals surface area contributed by atoms with E-state index in [1.165, 1.54) is 5.56 Å². The molecular weight excluding hydrogens is 186 g/mol. The molecule has 1 aliphatic rings. The van der Waals surface area contributed by atoms with E-state index in [4.69, 9.17) is 22.1 Å². The predicted octanol–water partition coefficient (Wildman–Crippen LogP) is 2.16. The summed E-state index contributed by atoms with van der Waals surface area (Å²) in [6, 6.07) is 6.19. The number of hydrogen-bond acceptors (Lipinski definition) is 2. The van der Waals surface area contributed by atoms with Gasteiger partial charge in [0.25, 0.3) is 0 Å². The van der Waals surface area contributed by atoms with Gasteiger partial charge in [0.15, 0.2) is 0 Å². The molecule has 2 atom stereocenters. The summed E-state index contributed by atoms with van der Waals surface area (Å²) in [6.07, 6.45) is 1.07. The lowest BCUT2D eigenvalue weighted by Gasteiger charge is -2.04. The third-order valence-corrected chi connectivity index (χ3v) is 2.74. The first-order valence-electron chi connectivity index (χ1n) is 4.31. The van der Waals surface area contributed by atoms with Gasteiger partial charge in [0.05, 0.1) is 12.1 Å². The number of rotatable bonds is 2. The molecule has 2 nitrogen and oxygen atoms in total. The smallest absolute Gasteiger partial charge is 0.137 e. The van der Waals surface area contributed by atoms with Crippen LogP contribution in [0.5, 0.6) is 5.75 Å². The van der Waals surface area contributed by atoms with Crippen molar-refractivity contribution in [1.82, 2.24) is 0 Å². The highest BCUT2D eigenvalue weighted by Crippen LogP contribution is 2.41. The highest BCUT2D eigenvalue weighted by Gasteiger charge is 2.34. The fraction of sp³-hybridized carbons (Fsp3) is 0.400. The van der Waals surface area contributed by atoms with E-state index in [0.29, 0.717) is 17.0 Å². The lowest BCUT2D eigenvalue weighted by molar-refractivity contribution is 0.415. The van der Waals surface area contributed by atoms with Gasteiger partial charge in [-0.3, -0.25) is 0 Å². The maximum Gasteiger partial charge on any atom is 0.137 e. The SMILES string of the molecule is COc1ccc([C@@H]2C[C@H]2N)cc1Cl. The number of methoxy groups -OCH3 is 1. The molecule has 0 spiro atoms. The second-order valence-corrected chi connectivity index (χ2v) is 3.81. The van der Waals surface area contributed by atoms with Crippen LogP contribution in [0.2, 0.25) is 5.02 Å². The van der Waals surface area contributed by atoms with E-state index < -0.39 is 0 Å². The lowest BCUT2D eigenvalue weighted by Crippen LogP contribution is -2.00. The molecule has 1 aliphatic carbocycles. The summed E-state index contributed by atoms with van der Waals surface area (Å²) < 4.78 is 5.06. The number of halogens is 1. The Morgan fingerprint density at radius 1 is 1.54 bits per heavy atom. The molecule has 0 saturated heterocycles. The Labute approximate surface area is 82.6 Å². The lowest BCUT2D eigenvalue weighted by atomic mass is 10.1. The third kappa shape index (κ3) is 1.64. The van der Waals surface area contributed by atoms with Gasteiger partial charge in [0.2, 0.25) is 0 Å². The zero-order chi connectivity index (χ0) is 9.42. The fourth-order valence-electron chi connectivity index (χ4n) is 1.51. The van der Waals surface area contributed by atoms with Crippen molar-refractivity contribution in [3.8, 4) is 5.75 Å². The zero-order valence-corrected chi connectivity index (χ0v) is 8.21. The summed E-state index contributed by atoms with van der Waals surface area (Å²) in [5.41, 5.74) is 6.97. The predicted molar refractivity (Wildman–Crippen MR) is 53.3 cm³/mol. The second-order valence-electron chi connectivity index (χ2n) is 3.40. The molecular formula is C10H12ClNO.